The zero-order chi connectivity index (χ0) is 20.5. The Kier molecular flexibility index (Phi) is 5.06. The molecule has 9 heteroatoms. The van der Waals surface area contributed by atoms with Crippen LogP contribution in [-0.4, -0.2) is 35.0 Å². The maximum absolute atomic E-state index is 13.9. The molecule has 0 aliphatic carbocycles. The van der Waals surface area contributed by atoms with Gasteiger partial charge in [0.1, 0.15) is 5.82 Å². The molecule has 1 fully saturated rings. The summed E-state index contributed by atoms with van der Waals surface area (Å²) in [6.07, 6.45) is 0.893. The lowest BCUT2D eigenvalue weighted by Gasteiger charge is -2.27. The second kappa shape index (κ2) is 7.67. The Morgan fingerprint density at radius 1 is 1.24 bits per heavy atom. The molecule has 29 heavy (non-hydrogen) atoms. The molecule has 2 heterocycles. The number of carbonyl (C=O) groups excluding carboxylic acids is 2. The molecule has 1 aromatic heterocycles. The highest BCUT2D eigenvalue weighted by molar-refractivity contribution is 7.71. The van der Waals surface area contributed by atoms with Crippen molar-refractivity contribution in [2.75, 3.05) is 18.0 Å². The Balaban J connectivity index is 1.52. The normalized spacial score (nSPS) is 15.2. The van der Waals surface area contributed by atoms with Crippen molar-refractivity contribution in [3.63, 3.8) is 0 Å². The summed E-state index contributed by atoms with van der Waals surface area (Å²) >= 11 is 5.04. The van der Waals surface area contributed by atoms with Crippen molar-refractivity contribution in [3.05, 3.63) is 58.1 Å². The number of amides is 3. The van der Waals surface area contributed by atoms with E-state index in [1.165, 1.54) is 12.1 Å². The van der Waals surface area contributed by atoms with Crippen molar-refractivity contribution < 1.29 is 14.0 Å². The summed E-state index contributed by atoms with van der Waals surface area (Å²) < 4.78 is 14.2. The Labute approximate surface area is 171 Å². The van der Waals surface area contributed by atoms with Crippen LogP contribution in [0.3, 0.4) is 0 Å². The lowest BCUT2D eigenvalue weighted by Crippen LogP contribution is -2.46. The average Bonchev–Trinajstić information content (AvgIpc) is 3.07. The number of halogens is 1. The molecule has 7 nitrogen and oxygen atoms in total. The number of urea groups is 1. The lowest BCUT2D eigenvalue weighted by atomic mass is 10.1. The molecule has 4 rings (SSSR count). The van der Waals surface area contributed by atoms with Gasteiger partial charge in [0.05, 0.1) is 22.6 Å². The van der Waals surface area contributed by atoms with Gasteiger partial charge in [0.25, 0.3) is 5.91 Å². The maximum Gasteiger partial charge on any atom is 0.321 e. The third-order valence-corrected chi connectivity index (χ3v) is 5.17. The smallest absolute Gasteiger partial charge is 0.321 e. The minimum Gasteiger partial charge on any atom is -0.345 e. The van der Waals surface area contributed by atoms with Crippen LogP contribution in [0.2, 0.25) is 0 Å². The highest BCUT2D eigenvalue weighted by Gasteiger charge is 2.20. The maximum atomic E-state index is 13.9. The van der Waals surface area contributed by atoms with E-state index in [-0.39, 0.29) is 17.6 Å². The zero-order valence-corrected chi connectivity index (χ0v) is 16.5. The van der Waals surface area contributed by atoms with E-state index in [1.807, 2.05) is 31.2 Å². The second-order valence-corrected chi connectivity index (χ2v) is 7.39. The third-order valence-electron chi connectivity index (χ3n) is 4.97. The van der Waals surface area contributed by atoms with E-state index in [2.05, 4.69) is 20.6 Å². The van der Waals surface area contributed by atoms with Gasteiger partial charge in [0.15, 0.2) is 4.77 Å². The van der Waals surface area contributed by atoms with Crippen LogP contribution in [0.25, 0.3) is 11.0 Å². The first-order valence-corrected chi connectivity index (χ1v) is 9.71. The van der Waals surface area contributed by atoms with Gasteiger partial charge in [-0.3, -0.25) is 9.69 Å². The van der Waals surface area contributed by atoms with Gasteiger partial charge in [0, 0.05) is 18.8 Å². The molecule has 0 saturated carbocycles. The van der Waals surface area contributed by atoms with Crippen LogP contribution in [0.15, 0.2) is 36.4 Å². The van der Waals surface area contributed by atoms with Gasteiger partial charge >= 0.3 is 6.03 Å². The largest absolute Gasteiger partial charge is 0.345 e. The molecule has 1 atom stereocenters. The quantitative estimate of drug-likeness (QED) is 0.491. The number of imidazole rings is 1. The van der Waals surface area contributed by atoms with Crippen LogP contribution >= 0.6 is 12.2 Å². The van der Waals surface area contributed by atoms with Gasteiger partial charge in [-0.1, -0.05) is 12.1 Å². The number of rotatable bonds is 4. The number of hydrogen-bond donors (Lipinski definition) is 4. The summed E-state index contributed by atoms with van der Waals surface area (Å²) in [5.41, 5.74) is 2.76. The molecule has 0 radical (unpaired) electrons. The number of nitrogens with zero attached hydrogens (tertiary/aromatic N) is 1. The van der Waals surface area contributed by atoms with Crippen LogP contribution < -0.4 is 15.5 Å². The topological polar surface area (TPSA) is 93.0 Å². The van der Waals surface area contributed by atoms with Gasteiger partial charge < -0.3 is 20.6 Å². The van der Waals surface area contributed by atoms with E-state index in [0.29, 0.717) is 28.9 Å². The zero-order valence-electron chi connectivity index (χ0n) is 15.7. The van der Waals surface area contributed by atoms with E-state index in [9.17, 15) is 14.0 Å². The molecular weight excluding hydrogens is 393 g/mol. The minimum absolute atomic E-state index is 0.107. The fraction of sp³-hybridized carbons (Fsp3) is 0.250. The first-order valence-electron chi connectivity index (χ1n) is 9.30. The molecule has 0 spiro atoms. The molecule has 3 amide bonds. The fourth-order valence-electron chi connectivity index (χ4n) is 3.46. The minimum atomic E-state index is -0.523. The number of aromatic nitrogens is 2. The molecular formula is C20H20FN5O2S. The van der Waals surface area contributed by atoms with Crippen LogP contribution in [0.4, 0.5) is 14.9 Å². The number of H-pyrrole nitrogens is 2. The summed E-state index contributed by atoms with van der Waals surface area (Å²) in [6, 6.07) is 9.50. The number of carbonyl (C=O) groups is 2. The van der Waals surface area contributed by atoms with E-state index < -0.39 is 11.7 Å². The molecule has 0 bridgehead atoms. The SMILES string of the molecule is C[C@@H](NC(=O)c1cc(F)cc2[nH]c(=S)[nH]c12)c1ccc(N2CCCNC2=O)cc1. The summed E-state index contributed by atoms with van der Waals surface area (Å²) in [7, 11) is 0. The molecule has 0 unspecified atom stereocenters. The van der Waals surface area contributed by atoms with Crippen LogP contribution in [0, 0.1) is 10.6 Å². The van der Waals surface area contributed by atoms with E-state index >= 15 is 0 Å². The Hall–Kier alpha value is -3.20. The lowest BCUT2D eigenvalue weighted by molar-refractivity contribution is 0.0941. The highest BCUT2D eigenvalue weighted by Crippen LogP contribution is 2.22. The predicted molar refractivity (Wildman–Crippen MR) is 111 cm³/mol. The molecule has 3 aromatic rings. The van der Waals surface area contributed by atoms with Gasteiger partial charge in [-0.05, 0) is 55.4 Å². The highest BCUT2D eigenvalue weighted by atomic mass is 32.1. The molecule has 4 N–H and O–H groups in total. The fourth-order valence-corrected chi connectivity index (χ4v) is 3.67. The summed E-state index contributed by atoms with van der Waals surface area (Å²) in [4.78, 5) is 32.1. The van der Waals surface area contributed by atoms with Crippen molar-refractivity contribution in [3.8, 4) is 0 Å². The van der Waals surface area contributed by atoms with Crippen molar-refractivity contribution in [1.82, 2.24) is 20.6 Å². The number of fused-ring (bicyclic) bond motifs is 1. The van der Waals surface area contributed by atoms with Crippen molar-refractivity contribution in [2.24, 2.45) is 0 Å². The van der Waals surface area contributed by atoms with Gasteiger partial charge in [-0.25, -0.2) is 9.18 Å². The number of benzene rings is 2. The van der Waals surface area contributed by atoms with Gasteiger partial charge in [-0.15, -0.1) is 0 Å². The van der Waals surface area contributed by atoms with Crippen LogP contribution in [-0.2, 0) is 0 Å². The first-order chi connectivity index (χ1) is 13.9. The summed E-state index contributed by atoms with van der Waals surface area (Å²) in [5.74, 6) is -0.934. The van der Waals surface area contributed by atoms with E-state index in [0.717, 1.165) is 17.7 Å². The third kappa shape index (κ3) is 3.86. The predicted octanol–water partition coefficient (Wildman–Crippen LogP) is 3.78. The van der Waals surface area contributed by atoms with Crippen molar-refractivity contribution in [1.29, 1.82) is 0 Å². The number of anilines is 1. The summed E-state index contributed by atoms with van der Waals surface area (Å²) in [5, 5.41) is 5.70. The molecule has 1 aliphatic heterocycles. The number of aromatic amines is 2. The number of hydrogen-bond acceptors (Lipinski definition) is 3. The molecule has 2 aromatic carbocycles. The monoisotopic (exact) mass is 413 g/mol. The average molecular weight is 413 g/mol. The van der Waals surface area contributed by atoms with Gasteiger partial charge in [0.2, 0.25) is 0 Å². The molecule has 1 aliphatic rings. The Morgan fingerprint density at radius 3 is 2.72 bits per heavy atom. The Bertz CT molecular complexity index is 1140. The van der Waals surface area contributed by atoms with E-state index in [1.54, 1.807) is 4.90 Å². The van der Waals surface area contributed by atoms with E-state index in [4.69, 9.17) is 12.2 Å². The van der Waals surface area contributed by atoms with Crippen LogP contribution in [0.1, 0.15) is 35.3 Å². The molecule has 150 valence electrons. The van der Waals surface area contributed by atoms with Gasteiger partial charge in [-0.2, -0.15) is 0 Å². The number of nitrogens with one attached hydrogen (secondary N) is 4. The van der Waals surface area contributed by atoms with Crippen LogP contribution in [0.5, 0.6) is 0 Å². The molecule has 1 saturated heterocycles. The van der Waals surface area contributed by atoms with Crippen molar-refractivity contribution in [2.45, 2.75) is 19.4 Å². The first kappa shape index (κ1) is 19.1. The summed E-state index contributed by atoms with van der Waals surface area (Å²) in [6.45, 7) is 3.21. The second-order valence-electron chi connectivity index (χ2n) is 6.98. The Morgan fingerprint density at radius 2 is 2.00 bits per heavy atom. The standard InChI is InChI=1S/C20H20FN5O2S/c1-11(12-3-5-14(6-4-12)26-8-2-7-22-20(26)28)23-18(27)15-9-13(21)10-16-17(15)25-19(29)24-16/h3-6,9-11H,2,7-8H2,1H3,(H,22,28)(H,23,27)(H2,24,25,29)/t11-/m1/s1. The van der Waals surface area contributed by atoms with Crippen molar-refractivity contribution >= 4 is 40.9 Å².